The van der Waals surface area contributed by atoms with Gasteiger partial charge in [0.1, 0.15) is 11.5 Å². The van der Waals surface area contributed by atoms with Crippen LogP contribution >= 0.6 is 23.4 Å². The molecule has 0 radical (unpaired) electrons. The molecule has 1 atom stereocenters. The highest BCUT2D eigenvalue weighted by Gasteiger charge is 2.22. The summed E-state index contributed by atoms with van der Waals surface area (Å²) < 4.78 is 13.3. The van der Waals surface area contributed by atoms with E-state index in [9.17, 15) is 4.79 Å². The van der Waals surface area contributed by atoms with Crippen molar-refractivity contribution < 1.29 is 14.3 Å². The number of hydrogen-bond acceptors (Lipinski definition) is 6. The van der Waals surface area contributed by atoms with Crippen LogP contribution in [0.25, 0.3) is 5.69 Å². The van der Waals surface area contributed by atoms with Crippen molar-refractivity contribution in [1.82, 2.24) is 14.8 Å². The van der Waals surface area contributed by atoms with Gasteiger partial charge in [-0.3, -0.25) is 9.36 Å². The molecular formula is C25H23ClN4O3S. The fourth-order valence-corrected chi connectivity index (χ4v) is 4.24. The SMILES string of the molecule is COc1ccc(Cl)cc1NC(=O)CSc1nnc([C@H](C)Oc2ccccc2)n1-c1ccccc1. The molecule has 4 rings (SSSR count). The molecule has 9 heteroatoms. The summed E-state index contributed by atoms with van der Waals surface area (Å²) in [6.45, 7) is 1.92. The molecule has 0 saturated carbocycles. The lowest BCUT2D eigenvalue weighted by Gasteiger charge is -2.16. The number of carbonyl (C=O) groups is 1. The number of para-hydroxylation sites is 2. The summed E-state index contributed by atoms with van der Waals surface area (Å²) in [5.41, 5.74) is 1.39. The monoisotopic (exact) mass is 494 g/mol. The smallest absolute Gasteiger partial charge is 0.234 e. The van der Waals surface area contributed by atoms with Gasteiger partial charge in [-0.05, 0) is 49.4 Å². The van der Waals surface area contributed by atoms with E-state index in [0.29, 0.717) is 27.4 Å². The number of aromatic nitrogens is 3. The third-order valence-corrected chi connectivity index (χ3v) is 6.02. The van der Waals surface area contributed by atoms with Gasteiger partial charge in [0.25, 0.3) is 0 Å². The van der Waals surface area contributed by atoms with Crippen LogP contribution < -0.4 is 14.8 Å². The molecule has 7 nitrogen and oxygen atoms in total. The fourth-order valence-electron chi connectivity index (χ4n) is 3.31. The molecule has 0 aliphatic heterocycles. The largest absolute Gasteiger partial charge is 0.495 e. The Labute approximate surface area is 207 Å². The maximum absolute atomic E-state index is 12.7. The van der Waals surface area contributed by atoms with Crippen molar-refractivity contribution in [2.45, 2.75) is 18.2 Å². The molecule has 4 aromatic rings. The number of amides is 1. The summed E-state index contributed by atoms with van der Waals surface area (Å²) in [6.07, 6.45) is -0.367. The van der Waals surface area contributed by atoms with Gasteiger partial charge in [-0.1, -0.05) is 59.8 Å². The van der Waals surface area contributed by atoms with E-state index in [-0.39, 0.29) is 17.8 Å². The summed E-state index contributed by atoms with van der Waals surface area (Å²) in [6, 6.07) is 24.3. The van der Waals surface area contributed by atoms with Gasteiger partial charge in [-0.25, -0.2) is 0 Å². The second kappa shape index (κ2) is 11.1. The first-order valence-electron chi connectivity index (χ1n) is 10.5. The molecule has 0 bridgehead atoms. The Bertz CT molecular complexity index is 1250. The standard InChI is InChI=1S/C25H23ClN4O3S/c1-17(33-20-11-7-4-8-12-20)24-28-29-25(30(24)19-9-5-3-6-10-19)34-16-23(31)27-21-15-18(26)13-14-22(21)32-2/h3-15,17H,16H2,1-2H3,(H,27,31)/t17-/m0/s1. The predicted octanol–water partition coefficient (Wildman–Crippen LogP) is 5.80. The normalized spacial score (nSPS) is 11.6. The van der Waals surface area contributed by atoms with E-state index in [4.69, 9.17) is 21.1 Å². The van der Waals surface area contributed by atoms with Gasteiger partial charge >= 0.3 is 0 Å². The summed E-state index contributed by atoms with van der Waals surface area (Å²) in [7, 11) is 1.54. The summed E-state index contributed by atoms with van der Waals surface area (Å²) in [5.74, 6) is 1.80. The number of hydrogen-bond donors (Lipinski definition) is 1. The number of ether oxygens (including phenoxy) is 2. The zero-order chi connectivity index (χ0) is 23.9. The average Bonchev–Trinajstić information content (AvgIpc) is 3.28. The third kappa shape index (κ3) is 5.70. The van der Waals surface area contributed by atoms with Crippen LogP contribution in [0, 0.1) is 0 Å². The van der Waals surface area contributed by atoms with Gasteiger partial charge in [0.05, 0.1) is 18.6 Å². The number of halogens is 1. The molecule has 0 unspecified atom stereocenters. The fraction of sp³-hybridized carbons (Fsp3) is 0.160. The van der Waals surface area contributed by atoms with Gasteiger partial charge in [0.2, 0.25) is 5.91 Å². The van der Waals surface area contributed by atoms with Crippen LogP contribution in [0.4, 0.5) is 5.69 Å². The number of methoxy groups -OCH3 is 1. The molecule has 1 amide bonds. The lowest BCUT2D eigenvalue weighted by molar-refractivity contribution is -0.113. The second-order valence-corrected chi connectivity index (χ2v) is 8.65. The minimum absolute atomic E-state index is 0.120. The lowest BCUT2D eigenvalue weighted by atomic mass is 10.3. The summed E-state index contributed by atoms with van der Waals surface area (Å²) in [5, 5.41) is 12.7. The highest BCUT2D eigenvalue weighted by Crippen LogP contribution is 2.30. The van der Waals surface area contributed by atoms with E-state index in [1.165, 1.54) is 18.9 Å². The molecule has 1 heterocycles. The first-order chi connectivity index (χ1) is 16.5. The topological polar surface area (TPSA) is 78.3 Å². The maximum atomic E-state index is 12.7. The van der Waals surface area contributed by atoms with E-state index in [1.807, 2.05) is 72.2 Å². The van der Waals surface area contributed by atoms with E-state index in [2.05, 4.69) is 15.5 Å². The molecule has 0 fully saturated rings. The molecule has 1 N–H and O–H groups in total. The Morgan fingerprint density at radius 3 is 2.47 bits per heavy atom. The van der Waals surface area contributed by atoms with Crippen molar-refractivity contribution in [2.24, 2.45) is 0 Å². The van der Waals surface area contributed by atoms with Crippen LogP contribution in [0.1, 0.15) is 18.9 Å². The van der Waals surface area contributed by atoms with Crippen LogP contribution in [-0.2, 0) is 4.79 Å². The molecule has 0 aliphatic carbocycles. The average molecular weight is 495 g/mol. The van der Waals surface area contributed by atoms with E-state index >= 15 is 0 Å². The van der Waals surface area contributed by atoms with Gasteiger partial charge in [0, 0.05) is 10.7 Å². The molecule has 34 heavy (non-hydrogen) atoms. The molecule has 0 aliphatic rings. The number of rotatable bonds is 9. The zero-order valence-corrected chi connectivity index (χ0v) is 20.2. The van der Waals surface area contributed by atoms with E-state index < -0.39 is 0 Å². The number of carbonyl (C=O) groups excluding carboxylic acids is 1. The van der Waals surface area contributed by atoms with Crippen LogP contribution in [-0.4, -0.2) is 33.5 Å². The molecule has 0 spiro atoms. The lowest BCUT2D eigenvalue weighted by Crippen LogP contribution is -2.16. The molecule has 174 valence electrons. The van der Waals surface area contributed by atoms with Crippen LogP contribution in [0.5, 0.6) is 11.5 Å². The van der Waals surface area contributed by atoms with Crippen molar-refractivity contribution in [3.63, 3.8) is 0 Å². The summed E-state index contributed by atoms with van der Waals surface area (Å²) in [4.78, 5) is 12.7. The molecule has 0 saturated heterocycles. The molecular weight excluding hydrogens is 472 g/mol. The number of anilines is 1. The second-order valence-electron chi connectivity index (χ2n) is 7.27. The number of thioether (sulfide) groups is 1. The minimum atomic E-state index is -0.367. The predicted molar refractivity (Wildman–Crippen MR) is 134 cm³/mol. The Kier molecular flexibility index (Phi) is 7.72. The summed E-state index contributed by atoms with van der Waals surface area (Å²) >= 11 is 7.34. The van der Waals surface area contributed by atoms with Gasteiger partial charge in [-0.15, -0.1) is 10.2 Å². The van der Waals surface area contributed by atoms with Crippen LogP contribution in [0.15, 0.2) is 84.0 Å². The Morgan fingerprint density at radius 2 is 1.76 bits per heavy atom. The highest BCUT2D eigenvalue weighted by atomic mass is 35.5. The van der Waals surface area contributed by atoms with Gasteiger partial charge in [-0.2, -0.15) is 0 Å². The maximum Gasteiger partial charge on any atom is 0.234 e. The first kappa shape index (κ1) is 23.7. The van der Waals surface area contributed by atoms with E-state index in [1.54, 1.807) is 18.2 Å². The number of nitrogens with zero attached hydrogens (tertiary/aromatic N) is 3. The van der Waals surface area contributed by atoms with Crippen molar-refractivity contribution in [3.8, 4) is 17.2 Å². The van der Waals surface area contributed by atoms with Crippen molar-refractivity contribution in [3.05, 3.63) is 89.7 Å². The highest BCUT2D eigenvalue weighted by molar-refractivity contribution is 7.99. The quantitative estimate of drug-likeness (QED) is 0.296. The molecule has 1 aromatic heterocycles. The third-order valence-electron chi connectivity index (χ3n) is 4.86. The van der Waals surface area contributed by atoms with E-state index in [0.717, 1.165) is 11.4 Å². The zero-order valence-electron chi connectivity index (χ0n) is 18.6. The Hall–Kier alpha value is -3.49. The minimum Gasteiger partial charge on any atom is -0.495 e. The van der Waals surface area contributed by atoms with Crippen molar-refractivity contribution in [2.75, 3.05) is 18.2 Å². The number of nitrogens with one attached hydrogen (secondary N) is 1. The Balaban J connectivity index is 1.54. The van der Waals surface area contributed by atoms with Crippen LogP contribution in [0.3, 0.4) is 0 Å². The first-order valence-corrected chi connectivity index (χ1v) is 11.9. The number of benzene rings is 3. The van der Waals surface area contributed by atoms with Crippen LogP contribution in [0.2, 0.25) is 5.02 Å². The van der Waals surface area contributed by atoms with Crippen molar-refractivity contribution in [1.29, 1.82) is 0 Å². The van der Waals surface area contributed by atoms with Gasteiger partial charge < -0.3 is 14.8 Å². The Morgan fingerprint density at radius 1 is 1.06 bits per heavy atom. The van der Waals surface area contributed by atoms with Crippen molar-refractivity contribution >= 4 is 35.0 Å². The van der Waals surface area contributed by atoms with Gasteiger partial charge in [0.15, 0.2) is 17.1 Å². The molecule has 3 aromatic carbocycles.